The number of carbonyl (C=O) groups excluding carboxylic acids is 1. The zero-order chi connectivity index (χ0) is 17.4. The van der Waals surface area contributed by atoms with Gasteiger partial charge in [0.25, 0.3) is 5.91 Å². The van der Waals surface area contributed by atoms with Crippen LogP contribution in [0.3, 0.4) is 0 Å². The zero-order valence-corrected chi connectivity index (χ0v) is 14.8. The molecule has 2 bridgehead atoms. The maximum Gasteiger partial charge on any atom is 0.270 e. The molecule has 6 heteroatoms. The van der Waals surface area contributed by atoms with Crippen LogP contribution in [0.4, 0.5) is 0 Å². The van der Waals surface area contributed by atoms with Crippen molar-refractivity contribution in [3.8, 4) is 11.4 Å². The Kier molecular flexibility index (Phi) is 4.21. The number of nitrogens with one attached hydrogen (secondary N) is 1. The lowest BCUT2D eigenvalue weighted by Gasteiger charge is -2.31. The fraction of sp³-hybridized carbons (Fsp3) is 0.421. The van der Waals surface area contributed by atoms with E-state index in [9.17, 15) is 4.79 Å². The van der Waals surface area contributed by atoms with Crippen molar-refractivity contribution < 1.29 is 9.53 Å². The van der Waals surface area contributed by atoms with Gasteiger partial charge in [-0.15, -0.1) is 0 Å². The van der Waals surface area contributed by atoms with Crippen LogP contribution < -0.4 is 5.32 Å². The molecule has 2 heterocycles. The molecule has 0 radical (unpaired) electrons. The van der Waals surface area contributed by atoms with E-state index >= 15 is 0 Å². The number of aryl methyl sites for hydroxylation is 1. The Bertz CT molecular complexity index is 805. The van der Waals surface area contributed by atoms with Crippen LogP contribution in [0.25, 0.3) is 11.4 Å². The molecule has 1 aliphatic carbocycles. The first-order chi connectivity index (χ1) is 12.0. The van der Waals surface area contributed by atoms with Gasteiger partial charge < -0.3 is 10.1 Å². The van der Waals surface area contributed by atoms with Gasteiger partial charge in [-0.05, 0) is 62.4 Å². The number of halogens is 1. The summed E-state index contributed by atoms with van der Waals surface area (Å²) in [7, 11) is 0. The Hall–Kier alpha value is -1.98. The summed E-state index contributed by atoms with van der Waals surface area (Å²) in [6.07, 6.45) is 6.01. The summed E-state index contributed by atoms with van der Waals surface area (Å²) in [5.74, 6) is 0.371. The van der Waals surface area contributed by atoms with Crippen molar-refractivity contribution in [1.29, 1.82) is 0 Å². The lowest BCUT2D eigenvalue weighted by Crippen LogP contribution is -2.50. The van der Waals surface area contributed by atoms with Crippen molar-refractivity contribution in [2.75, 3.05) is 6.61 Å². The average Bonchev–Trinajstić information content (AvgIpc) is 2.89. The maximum absolute atomic E-state index is 12.9. The third-order valence-electron chi connectivity index (χ3n) is 5.06. The van der Waals surface area contributed by atoms with Gasteiger partial charge >= 0.3 is 0 Å². The van der Waals surface area contributed by atoms with Crippen LogP contribution in [0.2, 0.25) is 5.02 Å². The minimum Gasteiger partial charge on any atom is -0.376 e. The number of benzene rings is 1. The zero-order valence-electron chi connectivity index (χ0n) is 14.1. The fourth-order valence-electron chi connectivity index (χ4n) is 3.72. The number of carbonyl (C=O) groups is 1. The largest absolute Gasteiger partial charge is 0.376 e. The van der Waals surface area contributed by atoms with Crippen LogP contribution in [0.5, 0.6) is 0 Å². The normalized spacial score (nSPS) is 25.0. The van der Waals surface area contributed by atoms with Gasteiger partial charge in [-0.3, -0.25) is 4.79 Å². The van der Waals surface area contributed by atoms with Gasteiger partial charge in [0.05, 0.1) is 18.2 Å². The molecule has 1 amide bonds. The summed E-state index contributed by atoms with van der Waals surface area (Å²) < 4.78 is 5.79. The van der Waals surface area contributed by atoms with Crippen molar-refractivity contribution in [3.05, 3.63) is 46.7 Å². The average molecular weight is 358 g/mol. The van der Waals surface area contributed by atoms with E-state index in [1.165, 1.54) is 0 Å². The molecule has 4 rings (SSSR count). The Morgan fingerprint density at radius 2 is 2.16 bits per heavy atom. The van der Waals surface area contributed by atoms with Gasteiger partial charge in [0.1, 0.15) is 5.69 Å². The van der Waals surface area contributed by atoms with Crippen molar-refractivity contribution in [3.63, 3.8) is 0 Å². The molecule has 1 N–H and O–H groups in total. The lowest BCUT2D eigenvalue weighted by molar-refractivity contribution is 0.0862. The summed E-state index contributed by atoms with van der Waals surface area (Å²) in [4.78, 5) is 21.7. The van der Waals surface area contributed by atoms with E-state index in [0.717, 1.165) is 36.8 Å². The van der Waals surface area contributed by atoms with Gasteiger partial charge in [0, 0.05) is 16.8 Å². The summed E-state index contributed by atoms with van der Waals surface area (Å²) in [6.45, 7) is 2.45. The molecule has 1 saturated carbocycles. The molecule has 1 aliphatic heterocycles. The maximum atomic E-state index is 12.9. The third kappa shape index (κ3) is 3.26. The first kappa shape index (κ1) is 16.5. The van der Waals surface area contributed by atoms with E-state index in [1.807, 2.05) is 19.1 Å². The molecular weight excluding hydrogens is 338 g/mol. The number of hydrogen-bond donors (Lipinski definition) is 1. The van der Waals surface area contributed by atoms with E-state index in [-0.39, 0.29) is 17.6 Å². The Morgan fingerprint density at radius 3 is 2.96 bits per heavy atom. The first-order valence-electron chi connectivity index (χ1n) is 8.58. The highest BCUT2D eigenvalue weighted by Gasteiger charge is 2.44. The van der Waals surface area contributed by atoms with Crippen LogP contribution in [-0.4, -0.2) is 34.1 Å². The molecule has 2 aromatic rings. The minimum atomic E-state index is -0.238. The van der Waals surface area contributed by atoms with Crippen LogP contribution >= 0.6 is 11.6 Å². The minimum absolute atomic E-state index is 0.152. The number of nitrogens with zero attached hydrogens (tertiary/aromatic N) is 2. The second-order valence-corrected chi connectivity index (χ2v) is 7.43. The number of ether oxygens (including phenoxy) is 1. The third-order valence-corrected chi connectivity index (χ3v) is 5.32. The SMILES string of the molecule is Cc1cnc(-c2ccc(Cl)cc2)nc1C(=O)NC12CCCC(C1)OC2. The number of rotatable bonds is 3. The summed E-state index contributed by atoms with van der Waals surface area (Å²) in [5.41, 5.74) is 1.78. The fourth-order valence-corrected chi connectivity index (χ4v) is 3.84. The van der Waals surface area contributed by atoms with Crippen LogP contribution in [0.1, 0.15) is 41.7 Å². The van der Waals surface area contributed by atoms with E-state index in [2.05, 4.69) is 15.3 Å². The molecule has 2 unspecified atom stereocenters. The topological polar surface area (TPSA) is 64.1 Å². The van der Waals surface area contributed by atoms with Crippen LogP contribution in [0.15, 0.2) is 30.5 Å². The number of amides is 1. The summed E-state index contributed by atoms with van der Waals surface area (Å²) in [5, 5.41) is 3.85. The Labute approximate surface area is 151 Å². The van der Waals surface area contributed by atoms with Gasteiger partial charge in [0.2, 0.25) is 0 Å². The highest BCUT2D eigenvalue weighted by Crippen LogP contribution is 2.37. The molecule has 2 aliphatic rings. The monoisotopic (exact) mass is 357 g/mol. The van der Waals surface area contributed by atoms with E-state index < -0.39 is 0 Å². The molecule has 25 heavy (non-hydrogen) atoms. The van der Waals surface area contributed by atoms with Crippen LogP contribution in [0, 0.1) is 6.92 Å². The molecule has 130 valence electrons. The van der Waals surface area contributed by atoms with Gasteiger partial charge in [-0.2, -0.15) is 0 Å². The van der Waals surface area contributed by atoms with Gasteiger partial charge in [-0.1, -0.05) is 11.6 Å². The Morgan fingerprint density at radius 1 is 1.36 bits per heavy atom. The molecule has 5 nitrogen and oxygen atoms in total. The lowest BCUT2D eigenvalue weighted by atomic mass is 9.83. The molecule has 1 aromatic carbocycles. The molecule has 1 saturated heterocycles. The van der Waals surface area contributed by atoms with Gasteiger partial charge in [0.15, 0.2) is 5.82 Å². The van der Waals surface area contributed by atoms with Crippen molar-refractivity contribution in [2.45, 2.75) is 44.2 Å². The second-order valence-electron chi connectivity index (χ2n) is 7.00. The van der Waals surface area contributed by atoms with Crippen LogP contribution in [-0.2, 0) is 4.74 Å². The molecule has 2 atom stereocenters. The predicted molar refractivity (Wildman–Crippen MR) is 95.6 cm³/mol. The van der Waals surface area contributed by atoms with Gasteiger partial charge in [-0.25, -0.2) is 9.97 Å². The van der Waals surface area contributed by atoms with E-state index in [1.54, 1.807) is 18.3 Å². The molecule has 2 fully saturated rings. The first-order valence-corrected chi connectivity index (χ1v) is 8.96. The molecule has 1 aromatic heterocycles. The molecule has 0 spiro atoms. The number of aromatic nitrogens is 2. The second kappa shape index (κ2) is 6.39. The summed E-state index contributed by atoms with van der Waals surface area (Å²) in [6, 6.07) is 7.28. The van der Waals surface area contributed by atoms with E-state index in [4.69, 9.17) is 16.3 Å². The standard InChI is InChI=1S/C19H20ClN3O2/c1-12-10-21-17(13-4-6-14(20)7-5-13)22-16(12)18(24)23-19-8-2-3-15(9-19)25-11-19/h4-7,10,15H,2-3,8-9,11H2,1H3,(H,23,24). The van der Waals surface area contributed by atoms with Crippen molar-refractivity contribution in [1.82, 2.24) is 15.3 Å². The van der Waals surface area contributed by atoms with Crippen molar-refractivity contribution in [2.24, 2.45) is 0 Å². The highest BCUT2D eigenvalue weighted by molar-refractivity contribution is 6.30. The molecular formula is C19H20ClN3O2. The number of hydrogen-bond acceptors (Lipinski definition) is 4. The number of fused-ring (bicyclic) bond motifs is 2. The van der Waals surface area contributed by atoms with Crippen molar-refractivity contribution >= 4 is 17.5 Å². The quantitative estimate of drug-likeness (QED) is 0.912. The predicted octanol–water partition coefficient (Wildman–Crippen LogP) is 3.55. The Balaban J connectivity index is 1.60. The smallest absolute Gasteiger partial charge is 0.270 e. The summed E-state index contributed by atoms with van der Waals surface area (Å²) >= 11 is 5.93. The van der Waals surface area contributed by atoms with E-state index in [0.29, 0.717) is 23.1 Å². The highest BCUT2D eigenvalue weighted by atomic mass is 35.5.